The predicted octanol–water partition coefficient (Wildman–Crippen LogP) is 6.78. The third kappa shape index (κ3) is 5.24. The number of alkyl halides is 3. The molecule has 0 aliphatic rings. The van der Waals surface area contributed by atoms with E-state index in [0.29, 0.717) is 17.5 Å². The van der Waals surface area contributed by atoms with Gasteiger partial charge in [-0.1, -0.05) is 29.3 Å². The predicted molar refractivity (Wildman–Crippen MR) is 115 cm³/mol. The van der Waals surface area contributed by atoms with E-state index in [-0.39, 0.29) is 27.5 Å². The van der Waals surface area contributed by atoms with E-state index >= 15 is 0 Å². The molecule has 0 unspecified atom stereocenters. The van der Waals surface area contributed by atoms with E-state index in [4.69, 9.17) is 11.6 Å². The first kappa shape index (κ1) is 22.4. The minimum absolute atomic E-state index is 0.0377. The zero-order valence-corrected chi connectivity index (χ0v) is 17.4. The molecular weight excluding hydrogens is 429 g/mol. The molecule has 0 atom stereocenters. The number of amides is 1. The van der Waals surface area contributed by atoms with E-state index in [1.807, 2.05) is 19.1 Å². The number of carbonyl (C=O) groups is 2. The minimum atomic E-state index is -4.59. The highest BCUT2D eigenvalue weighted by Gasteiger charge is 2.31. The lowest BCUT2D eigenvalue weighted by Crippen LogP contribution is -2.16. The highest BCUT2D eigenvalue weighted by Crippen LogP contribution is 2.35. The van der Waals surface area contributed by atoms with Crippen LogP contribution in [-0.4, -0.2) is 12.2 Å². The first-order valence-corrected chi connectivity index (χ1v) is 9.58. The number of aldehydes is 1. The summed E-state index contributed by atoms with van der Waals surface area (Å²) < 4.78 is 39.8. The van der Waals surface area contributed by atoms with Crippen LogP contribution in [0.2, 0.25) is 5.02 Å². The molecule has 4 nitrogen and oxygen atoms in total. The van der Waals surface area contributed by atoms with Crippen LogP contribution in [0, 0.1) is 13.8 Å². The molecule has 0 aliphatic heterocycles. The van der Waals surface area contributed by atoms with Crippen LogP contribution >= 0.6 is 11.6 Å². The Morgan fingerprint density at radius 3 is 2.26 bits per heavy atom. The van der Waals surface area contributed by atoms with Gasteiger partial charge in [0, 0.05) is 16.3 Å². The van der Waals surface area contributed by atoms with Gasteiger partial charge in [-0.3, -0.25) is 9.59 Å². The maximum absolute atomic E-state index is 13.3. The van der Waals surface area contributed by atoms with Crippen molar-refractivity contribution in [2.24, 2.45) is 0 Å². The molecule has 3 rings (SSSR count). The molecule has 2 N–H and O–H groups in total. The Morgan fingerprint density at radius 1 is 0.968 bits per heavy atom. The molecule has 0 saturated heterocycles. The van der Waals surface area contributed by atoms with Crippen molar-refractivity contribution in [1.29, 1.82) is 0 Å². The quantitative estimate of drug-likeness (QED) is 0.424. The van der Waals surface area contributed by atoms with Gasteiger partial charge in [0.25, 0.3) is 5.91 Å². The molecule has 0 fully saturated rings. The van der Waals surface area contributed by atoms with Crippen molar-refractivity contribution in [3.63, 3.8) is 0 Å². The first-order valence-electron chi connectivity index (χ1n) is 9.20. The highest BCUT2D eigenvalue weighted by atomic mass is 35.5. The summed E-state index contributed by atoms with van der Waals surface area (Å²) in [6.07, 6.45) is -4.10. The number of carbonyl (C=O) groups excluding carboxylic acids is 2. The Hall–Kier alpha value is -3.32. The van der Waals surface area contributed by atoms with Crippen LogP contribution < -0.4 is 10.6 Å². The molecule has 0 heterocycles. The van der Waals surface area contributed by atoms with Gasteiger partial charge in [-0.25, -0.2) is 0 Å². The average Bonchev–Trinajstić information content (AvgIpc) is 2.71. The van der Waals surface area contributed by atoms with Crippen LogP contribution in [0.1, 0.15) is 37.4 Å². The Kier molecular flexibility index (Phi) is 6.36. The van der Waals surface area contributed by atoms with Crippen LogP contribution in [-0.2, 0) is 6.18 Å². The molecule has 0 radical (unpaired) electrons. The summed E-state index contributed by atoms with van der Waals surface area (Å²) in [4.78, 5) is 24.2. The highest BCUT2D eigenvalue weighted by molar-refractivity contribution is 6.32. The molecule has 0 aromatic heterocycles. The average molecular weight is 447 g/mol. The fourth-order valence-corrected chi connectivity index (χ4v) is 3.08. The summed E-state index contributed by atoms with van der Waals surface area (Å²) in [5.74, 6) is -0.754. The van der Waals surface area contributed by atoms with E-state index in [9.17, 15) is 22.8 Å². The van der Waals surface area contributed by atoms with Gasteiger partial charge in [-0.05, 0) is 61.9 Å². The third-order valence-electron chi connectivity index (χ3n) is 4.63. The largest absolute Gasteiger partial charge is 0.416 e. The molecule has 31 heavy (non-hydrogen) atoms. The van der Waals surface area contributed by atoms with Crippen LogP contribution in [0.5, 0.6) is 0 Å². The zero-order valence-electron chi connectivity index (χ0n) is 16.6. The van der Waals surface area contributed by atoms with E-state index in [2.05, 4.69) is 10.6 Å². The number of benzene rings is 3. The number of anilines is 3. The normalized spacial score (nSPS) is 11.2. The lowest BCUT2D eigenvalue weighted by Gasteiger charge is -2.17. The number of aryl methyl sites for hydroxylation is 2. The zero-order chi connectivity index (χ0) is 22.8. The van der Waals surface area contributed by atoms with E-state index < -0.39 is 17.6 Å². The SMILES string of the molecule is Cc1ccc(Nc2ccc(C(F)(F)F)cc2NC(=O)c2cc(Cl)c(C)cc2C=O)cc1. The fourth-order valence-electron chi connectivity index (χ4n) is 2.91. The van der Waals surface area contributed by atoms with Crippen LogP contribution in [0.3, 0.4) is 0 Å². The summed E-state index contributed by atoms with van der Waals surface area (Å²) in [5, 5.41) is 5.74. The van der Waals surface area contributed by atoms with Crippen molar-refractivity contribution < 1.29 is 22.8 Å². The second-order valence-corrected chi connectivity index (χ2v) is 7.42. The van der Waals surface area contributed by atoms with Crippen LogP contribution in [0.4, 0.5) is 30.2 Å². The summed E-state index contributed by atoms with van der Waals surface area (Å²) in [6.45, 7) is 3.58. The summed E-state index contributed by atoms with van der Waals surface area (Å²) >= 11 is 6.07. The molecule has 0 aliphatic carbocycles. The lowest BCUT2D eigenvalue weighted by atomic mass is 10.0. The molecule has 0 spiro atoms. The van der Waals surface area contributed by atoms with Gasteiger partial charge in [0.1, 0.15) is 0 Å². The number of hydrogen-bond donors (Lipinski definition) is 2. The van der Waals surface area contributed by atoms with Crippen molar-refractivity contribution in [3.05, 3.63) is 87.4 Å². The molecule has 0 bridgehead atoms. The number of halogens is 4. The second-order valence-electron chi connectivity index (χ2n) is 7.01. The van der Waals surface area contributed by atoms with Crippen molar-refractivity contribution in [2.75, 3.05) is 10.6 Å². The Bertz CT molecular complexity index is 1140. The topological polar surface area (TPSA) is 58.2 Å². The van der Waals surface area contributed by atoms with Gasteiger partial charge in [0.15, 0.2) is 6.29 Å². The van der Waals surface area contributed by atoms with Crippen LogP contribution in [0.15, 0.2) is 54.6 Å². The monoisotopic (exact) mass is 446 g/mol. The molecule has 160 valence electrons. The third-order valence-corrected chi connectivity index (χ3v) is 5.04. The fraction of sp³-hybridized carbons (Fsp3) is 0.130. The van der Waals surface area contributed by atoms with E-state index in [1.165, 1.54) is 18.2 Å². The van der Waals surface area contributed by atoms with Gasteiger partial charge >= 0.3 is 6.18 Å². The number of nitrogens with one attached hydrogen (secondary N) is 2. The van der Waals surface area contributed by atoms with Gasteiger partial charge in [-0.15, -0.1) is 0 Å². The summed E-state index contributed by atoms with van der Waals surface area (Å²) in [7, 11) is 0. The van der Waals surface area contributed by atoms with Crippen LogP contribution in [0.25, 0.3) is 0 Å². The number of hydrogen-bond acceptors (Lipinski definition) is 3. The van der Waals surface area contributed by atoms with Gasteiger partial charge in [0.05, 0.1) is 22.5 Å². The Balaban J connectivity index is 2.01. The van der Waals surface area contributed by atoms with E-state index in [1.54, 1.807) is 19.1 Å². The maximum atomic E-state index is 13.3. The Labute approximate surface area is 182 Å². The van der Waals surface area contributed by atoms with Gasteiger partial charge < -0.3 is 10.6 Å². The molecule has 8 heteroatoms. The summed E-state index contributed by atoms with van der Waals surface area (Å²) in [6, 6.07) is 13.0. The van der Waals surface area contributed by atoms with E-state index in [0.717, 1.165) is 17.7 Å². The van der Waals surface area contributed by atoms with Crippen molar-refractivity contribution >= 4 is 40.9 Å². The molecule has 0 saturated carbocycles. The first-order chi connectivity index (χ1) is 14.6. The van der Waals surface area contributed by atoms with Crippen molar-refractivity contribution in [2.45, 2.75) is 20.0 Å². The molecule has 3 aromatic carbocycles. The Morgan fingerprint density at radius 2 is 1.65 bits per heavy atom. The smallest absolute Gasteiger partial charge is 0.354 e. The van der Waals surface area contributed by atoms with Crippen molar-refractivity contribution in [3.8, 4) is 0 Å². The van der Waals surface area contributed by atoms with Crippen molar-refractivity contribution in [1.82, 2.24) is 0 Å². The number of rotatable bonds is 5. The van der Waals surface area contributed by atoms with Gasteiger partial charge in [-0.2, -0.15) is 13.2 Å². The minimum Gasteiger partial charge on any atom is -0.354 e. The molecular formula is C23H18ClF3N2O2. The molecule has 1 amide bonds. The standard InChI is InChI=1S/C23H18ClF3N2O2/c1-13-3-6-17(7-4-13)28-20-8-5-16(23(25,26)27)10-21(20)29-22(31)18-11-19(24)14(2)9-15(18)12-30/h3-12,28H,1-2H3,(H,29,31). The summed E-state index contributed by atoms with van der Waals surface area (Å²) in [5.41, 5.74) is 1.54. The lowest BCUT2D eigenvalue weighted by molar-refractivity contribution is -0.137. The molecule has 3 aromatic rings. The van der Waals surface area contributed by atoms with Gasteiger partial charge in [0.2, 0.25) is 0 Å². The maximum Gasteiger partial charge on any atom is 0.416 e. The second kappa shape index (κ2) is 8.81.